The molecular formula is C19H29NO4. The zero-order chi connectivity index (χ0) is 17.8. The Morgan fingerprint density at radius 1 is 0.958 bits per heavy atom. The van der Waals surface area contributed by atoms with Gasteiger partial charge >= 0.3 is 5.97 Å². The van der Waals surface area contributed by atoms with Gasteiger partial charge in [-0.2, -0.15) is 0 Å². The Kier molecular flexibility index (Phi) is 9.58. The maximum Gasteiger partial charge on any atom is 0.337 e. The van der Waals surface area contributed by atoms with Gasteiger partial charge in [0.05, 0.1) is 11.3 Å². The van der Waals surface area contributed by atoms with E-state index in [9.17, 15) is 14.7 Å². The van der Waals surface area contributed by atoms with Crippen LogP contribution in [0.25, 0.3) is 0 Å². The van der Waals surface area contributed by atoms with E-state index in [0.717, 1.165) is 25.3 Å². The summed E-state index contributed by atoms with van der Waals surface area (Å²) in [6, 6.07) is 3.91. The fraction of sp³-hybridized carbons (Fsp3) is 0.579. The lowest BCUT2D eigenvalue weighted by Crippen LogP contribution is -2.14. The number of carboxylic acid groups (broad SMARTS) is 1. The molecule has 1 rings (SSSR count). The van der Waals surface area contributed by atoms with Crippen LogP contribution in [0.3, 0.4) is 0 Å². The molecule has 0 saturated heterocycles. The van der Waals surface area contributed by atoms with E-state index in [1.807, 2.05) is 0 Å². The van der Waals surface area contributed by atoms with Crippen LogP contribution in [0.15, 0.2) is 18.2 Å². The van der Waals surface area contributed by atoms with E-state index in [-0.39, 0.29) is 22.9 Å². The highest BCUT2D eigenvalue weighted by atomic mass is 16.4. The summed E-state index contributed by atoms with van der Waals surface area (Å²) in [4.78, 5) is 23.0. The molecule has 5 nitrogen and oxygen atoms in total. The highest BCUT2D eigenvalue weighted by molar-refractivity contribution is 6.00. The molecular weight excluding hydrogens is 306 g/mol. The van der Waals surface area contributed by atoms with Crippen molar-refractivity contribution in [3.05, 3.63) is 23.8 Å². The maximum atomic E-state index is 11.9. The van der Waals surface area contributed by atoms with Gasteiger partial charge in [0.2, 0.25) is 5.91 Å². The third kappa shape index (κ3) is 7.99. The summed E-state index contributed by atoms with van der Waals surface area (Å²) >= 11 is 0. The van der Waals surface area contributed by atoms with E-state index in [1.54, 1.807) is 0 Å². The van der Waals surface area contributed by atoms with E-state index in [4.69, 9.17) is 5.11 Å². The molecule has 0 aromatic heterocycles. The van der Waals surface area contributed by atoms with E-state index >= 15 is 0 Å². The highest BCUT2D eigenvalue weighted by Gasteiger charge is 2.13. The SMILES string of the molecule is CCCCCCCCCCCC(=O)Nc1ccc(O)cc1C(=O)O. The average molecular weight is 335 g/mol. The van der Waals surface area contributed by atoms with Crippen LogP contribution in [-0.2, 0) is 4.79 Å². The summed E-state index contributed by atoms with van der Waals surface area (Å²) in [7, 11) is 0. The number of carbonyl (C=O) groups is 2. The molecule has 134 valence electrons. The van der Waals surface area contributed by atoms with Gasteiger partial charge in [-0.3, -0.25) is 4.79 Å². The standard InChI is InChI=1S/C19H29NO4/c1-2-3-4-5-6-7-8-9-10-11-18(22)20-17-13-12-15(21)14-16(17)19(23)24/h12-14,21H,2-11H2,1H3,(H,20,22)(H,23,24). The van der Waals surface area contributed by atoms with Crippen molar-refractivity contribution in [1.82, 2.24) is 0 Å². The predicted molar refractivity (Wildman–Crippen MR) is 95.5 cm³/mol. The molecule has 0 saturated carbocycles. The fourth-order valence-corrected chi connectivity index (χ4v) is 2.63. The molecule has 1 aromatic rings. The van der Waals surface area contributed by atoms with Gasteiger partial charge in [-0.05, 0) is 24.6 Å². The smallest absolute Gasteiger partial charge is 0.337 e. The molecule has 0 fully saturated rings. The summed E-state index contributed by atoms with van der Waals surface area (Å²) in [6.45, 7) is 2.21. The van der Waals surface area contributed by atoms with Crippen molar-refractivity contribution < 1.29 is 19.8 Å². The van der Waals surface area contributed by atoms with Gasteiger partial charge in [0.25, 0.3) is 0 Å². The molecule has 0 aliphatic heterocycles. The highest BCUT2D eigenvalue weighted by Crippen LogP contribution is 2.21. The quantitative estimate of drug-likeness (QED) is 0.372. The Balaban J connectivity index is 2.22. The van der Waals surface area contributed by atoms with Crippen molar-refractivity contribution in [2.45, 2.75) is 71.1 Å². The topological polar surface area (TPSA) is 86.6 Å². The number of anilines is 1. The molecule has 0 spiro atoms. The lowest BCUT2D eigenvalue weighted by molar-refractivity contribution is -0.116. The zero-order valence-electron chi connectivity index (χ0n) is 14.5. The number of carboxylic acids is 1. The lowest BCUT2D eigenvalue weighted by Gasteiger charge is -2.09. The molecule has 0 bridgehead atoms. The minimum absolute atomic E-state index is 0.101. The van der Waals surface area contributed by atoms with Gasteiger partial charge in [-0.15, -0.1) is 0 Å². The van der Waals surface area contributed by atoms with Gasteiger partial charge in [0.1, 0.15) is 5.75 Å². The predicted octanol–water partition coefficient (Wildman–Crippen LogP) is 4.95. The minimum Gasteiger partial charge on any atom is -0.508 e. The van der Waals surface area contributed by atoms with E-state index in [2.05, 4.69) is 12.2 Å². The van der Waals surface area contributed by atoms with Crippen LogP contribution < -0.4 is 5.32 Å². The number of aromatic carboxylic acids is 1. The number of phenols is 1. The van der Waals surface area contributed by atoms with Crippen LogP contribution in [0.2, 0.25) is 0 Å². The molecule has 0 heterocycles. The lowest BCUT2D eigenvalue weighted by atomic mass is 10.1. The maximum absolute atomic E-state index is 11.9. The number of carbonyl (C=O) groups excluding carboxylic acids is 1. The number of benzene rings is 1. The molecule has 0 atom stereocenters. The molecule has 0 aliphatic rings. The average Bonchev–Trinajstić information content (AvgIpc) is 2.54. The van der Waals surface area contributed by atoms with Crippen molar-refractivity contribution in [2.75, 3.05) is 5.32 Å². The molecule has 1 amide bonds. The van der Waals surface area contributed by atoms with Gasteiger partial charge in [-0.25, -0.2) is 4.79 Å². The monoisotopic (exact) mass is 335 g/mol. The number of rotatable bonds is 12. The number of phenolic OH excluding ortho intramolecular Hbond substituents is 1. The summed E-state index contributed by atoms with van der Waals surface area (Å²) in [5.74, 6) is -1.50. The zero-order valence-corrected chi connectivity index (χ0v) is 14.5. The normalized spacial score (nSPS) is 10.5. The molecule has 5 heteroatoms. The first-order valence-corrected chi connectivity index (χ1v) is 8.90. The Labute approximate surface area is 144 Å². The first kappa shape index (κ1) is 20.0. The summed E-state index contributed by atoms with van der Waals surface area (Å²) in [5, 5.41) is 21.0. The van der Waals surface area contributed by atoms with Crippen molar-refractivity contribution in [1.29, 1.82) is 0 Å². The van der Waals surface area contributed by atoms with E-state index in [0.29, 0.717) is 6.42 Å². The van der Waals surface area contributed by atoms with Gasteiger partial charge in [0, 0.05) is 6.42 Å². The Morgan fingerprint density at radius 2 is 1.54 bits per heavy atom. The van der Waals surface area contributed by atoms with Crippen LogP contribution in [-0.4, -0.2) is 22.1 Å². The largest absolute Gasteiger partial charge is 0.508 e. The third-order valence-electron chi connectivity index (χ3n) is 4.02. The van der Waals surface area contributed by atoms with Crippen LogP contribution >= 0.6 is 0 Å². The molecule has 0 aliphatic carbocycles. The fourth-order valence-electron chi connectivity index (χ4n) is 2.63. The number of unbranched alkanes of at least 4 members (excludes halogenated alkanes) is 8. The Morgan fingerprint density at radius 3 is 2.12 bits per heavy atom. The second-order valence-electron chi connectivity index (χ2n) is 6.16. The van der Waals surface area contributed by atoms with E-state index < -0.39 is 5.97 Å². The van der Waals surface area contributed by atoms with Crippen LogP contribution in [0.5, 0.6) is 5.75 Å². The summed E-state index contributed by atoms with van der Waals surface area (Å²) in [5.41, 5.74) is 0.122. The summed E-state index contributed by atoms with van der Waals surface area (Å²) in [6.07, 6.45) is 11.0. The third-order valence-corrected chi connectivity index (χ3v) is 4.02. The van der Waals surface area contributed by atoms with Gasteiger partial charge in [-0.1, -0.05) is 58.3 Å². The number of hydrogen-bond donors (Lipinski definition) is 3. The number of amides is 1. The van der Waals surface area contributed by atoms with Crippen molar-refractivity contribution in [2.24, 2.45) is 0 Å². The van der Waals surface area contributed by atoms with Gasteiger partial charge < -0.3 is 15.5 Å². The second kappa shape index (κ2) is 11.5. The Bertz CT molecular complexity index is 528. The molecule has 0 unspecified atom stereocenters. The van der Waals surface area contributed by atoms with Crippen molar-refractivity contribution >= 4 is 17.6 Å². The molecule has 24 heavy (non-hydrogen) atoms. The van der Waals surface area contributed by atoms with E-state index in [1.165, 1.54) is 50.7 Å². The summed E-state index contributed by atoms with van der Waals surface area (Å²) < 4.78 is 0. The first-order chi connectivity index (χ1) is 11.5. The molecule has 0 radical (unpaired) electrons. The van der Waals surface area contributed by atoms with Crippen LogP contribution in [0.1, 0.15) is 81.5 Å². The molecule has 1 aromatic carbocycles. The van der Waals surface area contributed by atoms with Crippen LogP contribution in [0, 0.1) is 0 Å². The van der Waals surface area contributed by atoms with Crippen LogP contribution in [0.4, 0.5) is 5.69 Å². The number of hydrogen-bond acceptors (Lipinski definition) is 3. The van der Waals surface area contributed by atoms with Gasteiger partial charge in [0.15, 0.2) is 0 Å². The van der Waals surface area contributed by atoms with Crippen molar-refractivity contribution in [3.8, 4) is 5.75 Å². The Hall–Kier alpha value is -2.04. The minimum atomic E-state index is -1.18. The van der Waals surface area contributed by atoms with Crippen molar-refractivity contribution in [3.63, 3.8) is 0 Å². The molecule has 3 N–H and O–H groups in total. The number of nitrogens with one attached hydrogen (secondary N) is 1. The second-order valence-corrected chi connectivity index (χ2v) is 6.16. The number of aromatic hydroxyl groups is 1. The first-order valence-electron chi connectivity index (χ1n) is 8.90.